The maximum atomic E-state index is 10.4. The molecule has 0 saturated carbocycles. The Morgan fingerprint density at radius 1 is 1.23 bits per heavy atom. The molecule has 0 aromatic heterocycles. The molecule has 0 atom stereocenters. The number of nitrogens with zero attached hydrogens (tertiary/aromatic N) is 1. The van der Waals surface area contributed by atoms with Gasteiger partial charge in [-0.3, -0.25) is 9.63 Å². The van der Waals surface area contributed by atoms with Crippen LogP contribution in [0.1, 0.15) is 27.2 Å². The summed E-state index contributed by atoms with van der Waals surface area (Å²) >= 11 is 0. The zero-order valence-electron chi connectivity index (χ0n) is 8.71. The van der Waals surface area contributed by atoms with Gasteiger partial charge in [-0.1, -0.05) is 13.8 Å². The Balaban J connectivity index is 3.19. The van der Waals surface area contributed by atoms with E-state index in [0.29, 0.717) is 13.2 Å². The molecule has 0 aliphatic heterocycles. The number of carbonyl (C=O) groups is 1. The van der Waals surface area contributed by atoms with Gasteiger partial charge in [-0.05, 0) is 0 Å². The molecule has 13 heavy (non-hydrogen) atoms. The summed E-state index contributed by atoms with van der Waals surface area (Å²) < 4.78 is 4.75. The average Bonchev–Trinajstić information content (AvgIpc) is 2.11. The molecule has 0 saturated heterocycles. The van der Waals surface area contributed by atoms with E-state index in [1.807, 2.05) is 18.9 Å². The molecule has 0 aromatic rings. The third-order valence-electron chi connectivity index (χ3n) is 1.57. The molecule has 0 bridgehead atoms. The van der Waals surface area contributed by atoms with Crippen LogP contribution in [0, 0.1) is 0 Å². The molecule has 4 heteroatoms. The fraction of sp³-hybridized carbons (Fsp3) is 0.889. The molecule has 0 radical (unpaired) electrons. The van der Waals surface area contributed by atoms with E-state index < -0.39 is 0 Å². The highest BCUT2D eigenvalue weighted by Crippen LogP contribution is 1.91. The van der Waals surface area contributed by atoms with Gasteiger partial charge in [0.2, 0.25) is 0 Å². The van der Waals surface area contributed by atoms with Gasteiger partial charge in [-0.15, -0.1) is 0 Å². The van der Waals surface area contributed by atoms with Crippen LogP contribution in [0.4, 0.5) is 0 Å². The number of ether oxygens (including phenoxy) is 1. The summed E-state index contributed by atoms with van der Waals surface area (Å²) in [5.41, 5.74) is 0. The standard InChI is InChI=1S/C9H19NO3/c1-4-10(5-2)13-8-6-7-12-9(3)11/h4-8H2,1-3H3. The topological polar surface area (TPSA) is 38.8 Å². The molecule has 0 aromatic carbocycles. The smallest absolute Gasteiger partial charge is 0.302 e. The SMILES string of the molecule is CCN(CC)OCCCOC(C)=O. The maximum Gasteiger partial charge on any atom is 0.302 e. The number of carbonyl (C=O) groups excluding carboxylic acids is 1. The lowest BCUT2D eigenvalue weighted by Gasteiger charge is -2.17. The van der Waals surface area contributed by atoms with Crippen molar-refractivity contribution < 1.29 is 14.4 Å². The Labute approximate surface area is 79.8 Å². The zero-order chi connectivity index (χ0) is 10.1. The predicted molar refractivity (Wildman–Crippen MR) is 50.1 cm³/mol. The van der Waals surface area contributed by atoms with Gasteiger partial charge in [0.05, 0.1) is 13.2 Å². The number of rotatable bonds is 7. The summed E-state index contributed by atoms with van der Waals surface area (Å²) in [6.07, 6.45) is 0.746. The van der Waals surface area contributed by atoms with Crippen molar-refractivity contribution >= 4 is 5.97 Å². The molecule has 0 aliphatic carbocycles. The first-order chi connectivity index (χ1) is 6.20. The minimum absolute atomic E-state index is 0.233. The maximum absolute atomic E-state index is 10.4. The molecule has 4 nitrogen and oxygen atoms in total. The van der Waals surface area contributed by atoms with Crippen LogP contribution in [0.3, 0.4) is 0 Å². The summed E-state index contributed by atoms with van der Waals surface area (Å²) in [6, 6.07) is 0. The molecule has 0 fully saturated rings. The second-order valence-electron chi connectivity index (χ2n) is 2.64. The van der Waals surface area contributed by atoms with Gasteiger partial charge in [0, 0.05) is 26.4 Å². The van der Waals surface area contributed by atoms with Crippen LogP contribution >= 0.6 is 0 Å². The lowest BCUT2D eigenvalue weighted by molar-refractivity contribution is -0.158. The van der Waals surface area contributed by atoms with Crippen LogP contribution in [-0.4, -0.2) is 37.3 Å². The Hall–Kier alpha value is -0.610. The van der Waals surface area contributed by atoms with E-state index in [1.165, 1.54) is 6.92 Å². The fourth-order valence-corrected chi connectivity index (χ4v) is 0.875. The molecule has 78 valence electrons. The van der Waals surface area contributed by atoms with E-state index in [-0.39, 0.29) is 5.97 Å². The van der Waals surface area contributed by atoms with Crippen molar-refractivity contribution in [3.05, 3.63) is 0 Å². The van der Waals surface area contributed by atoms with Gasteiger partial charge < -0.3 is 4.74 Å². The largest absolute Gasteiger partial charge is 0.466 e. The summed E-state index contributed by atoms with van der Waals surface area (Å²) in [5.74, 6) is -0.233. The van der Waals surface area contributed by atoms with E-state index in [9.17, 15) is 4.79 Å². The number of hydrogen-bond acceptors (Lipinski definition) is 4. The molecule has 0 heterocycles. The first-order valence-electron chi connectivity index (χ1n) is 4.71. The first kappa shape index (κ1) is 12.4. The van der Waals surface area contributed by atoms with Gasteiger partial charge in [0.25, 0.3) is 0 Å². The molecule has 0 spiro atoms. The summed E-state index contributed by atoms with van der Waals surface area (Å²) in [5, 5.41) is 1.87. The second-order valence-corrected chi connectivity index (χ2v) is 2.64. The molecule has 0 aliphatic rings. The van der Waals surface area contributed by atoms with Crippen LogP contribution < -0.4 is 0 Å². The van der Waals surface area contributed by atoms with E-state index in [1.54, 1.807) is 0 Å². The Bertz CT molecular complexity index is 135. The zero-order valence-corrected chi connectivity index (χ0v) is 8.71. The van der Waals surface area contributed by atoms with E-state index in [2.05, 4.69) is 0 Å². The van der Waals surface area contributed by atoms with Crippen molar-refractivity contribution in [2.24, 2.45) is 0 Å². The summed E-state index contributed by atoms with van der Waals surface area (Å²) in [6.45, 7) is 8.29. The fourth-order valence-electron chi connectivity index (χ4n) is 0.875. The van der Waals surface area contributed by atoms with E-state index >= 15 is 0 Å². The number of hydrogen-bond donors (Lipinski definition) is 0. The van der Waals surface area contributed by atoms with Gasteiger partial charge in [-0.2, -0.15) is 5.06 Å². The van der Waals surface area contributed by atoms with E-state index in [0.717, 1.165) is 19.5 Å². The molecule has 0 amide bonds. The van der Waals surface area contributed by atoms with Gasteiger partial charge in [0.15, 0.2) is 0 Å². The highest BCUT2D eigenvalue weighted by atomic mass is 16.7. The van der Waals surface area contributed by atoms with Crippen LogP contribution in [0.25, 0.3) is 0 Å². The van der Waals surface area contributed by atoms with Crippen molar-refractivity contribution in [1.82, 2.24) is 5.06 Å². The van der Waals surface area contributed by atoms with Crippen LogP contribution in [0.15, 0.2) is 0 Å². The Kier molecular flexibility index (Phi) is 7.63. The lowest BCUT2D eigenvalue weighted by Crippen LogP contribution is -2.24. The molecular weight excluding hydrogens is 170 g/mol. The Morgan fingerprint density at radius 3 is 2.31 bits per heavy atom. The van der Waals surface area contributed by atoms with E-state index in [4.69, 9.17) is 9.57 Å². The van der Waals surface area contributed by atoms with Crippen molar-refractivity contribution in [3.8, 4) is 0 Å². The normalized spacial score (nSPS) is 10.5. The van der Waals surface area contributed by atoms with Gasteiger partial charge >= 0.3 is 5.97 Å². The van der Waals surface area contributed by atoms with Gasteiger partial charge in [-0.25, -0.2) is 0 Å². The van der Waals surface area contributed by atoms with Crippen molar-refractivity contribution in [1.29, 1.82) is 0 Å². The first-order valence-corrected chi connectivity index (χ1v) is 4.71. The van der Waals surface area contributed by atoms with Crippen LogP contribution in [0.5, 0.6) is 0 Å². The summed E-state index contributed by atoms with van der Waals surface area (Å²) in [4.78, 5) is 15.7. The van der Waals surface area contributed by atoms with Crippen molar-refractivity contribution in [3.63, 3.8) is 0 Å². The molecule has 0 N–H and O–H groups in total. The number of esters is 1. The monoisotopic (exact) mass is 189 g/mol. The quantitative estimate of drug-likeness (QED) is 0.343. The summed E-state index contributed by atoms with van der Waals surface area (Å²) in [7, 11) is 0. The lowest BCUT2D eigenvalue weighted by atomic mass is 10.5. The predicted octanol–water partition coefficient (Wildman–Crippen LogP) is 1.21. The molecular formula is C9H19NO3. The third kappa shape index (κ3) is 7.74. The minimum Gasteiger partial charge on any atom is -0.466 e. The van der Waals surface area contributed by atoms with Crippen molar-refractivity contribution in [2.45, 2.75) is 27.2 Å². The van der Waals surface area contributed by atoms with Gasteiger partial charge in [0.1, 0.15) is 0 Å². The number of hydroxylamine groups is 2. The average molecular weight is 189 g/mol. The van der Waals surface area contributed by atoms with Crippen LogP contribution in [0.2, 0.25) is 0 Å². The molecule has 0 unspecified atom stereocenters. The second kappa shape index (κ2) is 8.01. The minimum atomic E-state index is -0.233. The Morgan fingerprint density at radius 2 is 1.85 bits per heavy atom. The molecule has 0 rings (SSSR count). The van der Waals surface area contributed by atoms with Crippen LogP contribution in [-0.2, 0) is 14.4 Å². The highest BCUT2D eigenvalue weighted by Gasteiger charge is 1.98. The highest BCUT2D eigenvalue weighted by molar-refractivity contribution is 5.65. The van der Waals surface area contributed by atoms with Crippen molar-refractivity contribution in [2.75, 3.05) is 26.3 Å². The third-order valence-corrected chi connectivity index (χ3v) is 1.57.